The van der Waals surface area contributed by atoms with E-state index in [-0.39, 0.29) is 11.9 Å². The molecule has 0 fully saturated rings. The predicted octanol–water partition coefficient (Wildman–Crippen LogP) is 3.28. The highest BCUT2D eigenvalue weighted by atomic mass is 16.5. The summed E-state index contributed by atoms with van der Waals surface area (Å²) in [6, 6.07) is 9.91. The third kappa shape index (κ3) is 4.04. The number of nitrogens with zero attached hydrogens (tertiary/aromatic N) is 4. The Labute approximate surface area is 170 Å². The summed E-state index contributed by atoms with van der Waals surface area (Å²) in [5.41, 5.74) is 5.35. The minimum atomic E-state index is 0.0127. The maximum atomic E-state index is 12.6. The van der Waals surface area contributed by atoms with Crippen molar-refractivity contribution < 1.29 is 9.53 Å². The molecule has 29 heavy (non-hydrogen) atoms. The van der Waals surface area contributed by atoms with Gasteiger partial charge in [0.25, 0.3) is 0 Å². The van der Waals surface area contributed by atoms with Crippen LogP contribution < -0.4 is 10.1 Å². The second kappa shape index (κ2) is 8.11. The van der Waals surface area contributed by atoms with Gasteiger partial charge in [0, 0.05) is 29.9 Å². The zero-order chi connectivity index (χ0) is 20.4. The summed E-state index contributed by atoms with van der Waals surface area (Å²) < 4.78 is 9.11. The average molecular weight is 393 g/mol. The molecule has 2 aromatic heterocycles. The Hall–Kier alpha value is -3.09. The van der Waals surface area contributed by atoms with E-state index in [1.165, 1.54) is 5.69 Å². The molecule has 7 nitrogen and oxygen atoms in total. The third-order valence-electron chi connectivity index (χ3n) is 5.49. The molecule has 3 aromatic rings. The molecule has 1 aliphatic rings. The van der Waals surface area contributed by atoms with Gasteiger partial charge in [-0.3, -0.25) is 9.48 Å². The molecule has 152 valence electrons. The number of amides is 1. The van der Waals surface area contributed by atoms with Crippen molar-refractivity contribution >= 4 is 5.91 Å². The van der Waals surface area contributed by atoms with E-state index in [0.717, 1.165) is 47.7 Å². The van der Waals surface area contributed by atoms with Gasteiger partial charge in [0.15, 0.2) is 0 Å². The number of hydrogen-bond acceptors (Lipinski definition) is 4. The Morgan fingerprint density at radius 3 is 2.76 bits per heavy atom. The van der Waals surface area contributed by atoms with Gasteiger partial charge in [-0.2, -0.15) is 10.2 Å². The highest BCUT2D eigenvalue weighted by molar-refractivity contribution is 5.76. The van der Waals surface area contributed by atoms with Crippen LogP contribution in [0, 0.1) is 13.8 Å². The molecule has 0 bridgehead atoms. The van der Waals surface area contributed by atoms with Crippen LogP contribution >= 0.6 is 0 Å². The summed E-state index contributed by atoms with van der Waals surface area (Å²) in [5, 5.41) is 12.2. The van der Waals surface area contributed by atoms with Crippen molar-refractivity contribution in [3.8, 4) is 11.4 Å². The molecule has 1 N–H and O–H groups in total. The summed E-state index contributed by atoms with van der Waals surface area (Å²) >= 11 is 0. The highest BCUT2D eigenvalue weighted by Crippen LogP contribution is 2.31. The van der Waals surface area contributed by atoms with Crippen LogP contribution in [-0.2, 0) is 17.8 Å². The lowest BCUT2D eigenvalue weighted by atomic mass is 9.92. The van der Waals surface area contributed by atoms with Crippen LogP contribution in [0.15, 0.2) is 36.5 Å². The molecule has 0 radical (unpaired) electrons. The van der Waals surface area contributed by atoms with Gasteiger partial charge in [-0.15, -0.1) is 0 Å². The van der Waals surface area contributed by atoms with E-state index in [0.29, 0.717) is 13.0 Å². The lowest BCUT2D eigenvalue weighted by molar-refractivity contribution is -0.122. The molecular weight excluding hydrogens is 366 g/mol. The van der Waals surface area contributed by atoms with E-state index in [2.05, 4.69) is 15.5 Å². The molecule has 2 heterocycles. The number of hydrogen-bond donors (Lipinski definition) is 1. The minimum absolute atomic E-state index is 0.0127. The van der Waals surface area contributed by atoms with Gasteiger partial charge in [-0.25, -0.2) is 4.68 Å². The Balaban J connectivity index is 1.45. The van der Waals surface area contributed by atoms with Crippen molar-refractivity contribution in [1.82, 2.24) is 24.9 Å². The molecule has 1 atom stereocenters. The van der Waals surface area contributed by atoms with Crippen LogP contribution in [0.3, 0.4) is 0 Å². The van der Waals surface area contributed by atoms with Gasteiger partial charge in [-0.05, 0) is 63.4 Å². The molecule has 7 heteroatoms. The summed E-state index contributed by atoms with van der Waals surface area (Å²) in [7, 11) is 1.66. The Bertz CT molecular complexity index is 1000. The zero-order valence-corrected chi connectivity index (χ0v) is 17.2. The number of rotatable bonds is 6. The van der Waals surface area contributed by atoms with Crippen molar-refractivity contribution in [2.24, 2.45) is 0 Å². The number of aromatic nitrogens is 4. The maximum Gasteiger partial charge on any atom is 0.222 e. The van der Waals surface area contributed by atoms with Gasteiger partial charge in [0.2, 0.25) is 5.91 Å². The summed E-state index contributed by atoms with van der Waals surface area (Å²) in [6.45, 7) is 4.57. The second-order valence-electron chi connectivity index (χ2n) is 7.57. The number of carbonyl (C=O) groups excluding carboxylic acids is 1. The number of methoxy groups -OCH3 is 1. The number of ether oxygens (including phenoxy) is 1. The zero-order valence-electron chi connectivity index (χ0n) is 17.2. The van der Waals surface area contributed by atoms with E-state index in [1.54, 1.807) is 7.11 Å². The maximum absolute atomic E-state index is 12.6. The fourth-order valence-electron chi connectivity index (χ4n) is 4.03. The van der Waals surface area contributed by atoms with E-state index in [9.17, 15) is 4.79 Å². The second-order valence-corrected chi connectivity index (χ2v) is 7.57. The van der Waals surface area contributed by atoms with Crippen LogP contribution in [0.25, 0.3) is 5.69 Å². The van der Waals surface area contributed by atoms with Crippen LogP contribution in [0.2, 0.25) is 0 Å². The predicted molar refractivity (Wildman–Crippen MR) is 110 cm³/mol. The van der Waals surface area contributed by atoms with E-state index in [1.807, 2.05) is 59.7 Å². The fourth-order valence-corrected chi connectivity index (χ4v) is 4.03. The Morgan fingerprint density at radius 1 is 1.28 bits per heavy atom. The minimum Gasteiger partial charge on any atom is -0.497 e. The van der Waals surface area contributed by atoms with Crippen LogP contribution in [0.1, 0.15) is 47.9 Å². The summed E-state index contributed by atoms with van der Waals surface area (Å²) in [5.74, 6) is 0.870. The first kappa shape index (κ1) is 19.2. The smallest absolute Gasteiger partial charge is 0.222 e. The van der Waals surface area contributed by atoms with Gasteiger partial charge >= 0.3 is 0 Å². The van der Waals surface area contributed by atoms with Crippen LogP contribution in [-0.4, -0.2) is 32.6 Å². The number of carbonyl (C=O) groups is 1. The molecular formula is C22H27N5O2. The summed E-state index contributed by atoms with van der Waals surface area (Å²) in [4.78, 5) is 12.6. The number of nitrogens with one attached hydrogen (secondary N) is 1. The van der Waals surface area contributed by atoms with Gasteiger partial charge in [0.05, 0.1) is 30.7 Å². The average Bonchev–Trinajstić information content (AvgIpc) is 3.29. The van der Waals surface area contributed by atoms with Gasteiger partial charge < -0.3 is 10.1 Å². The lowest BCUT2D eigenvalue weighted by Crippen LogP contribution is -2.31. The SMILES string of the molecule is COc1ccc(-n2ncc3c2CCC[C@@H]3NC(=O)CCn2nc(C)cc2C)cc1. The van der Waals surface area contributed by atoms with Gasteiger partial charge in [0.1, 0.15) is 5.75 Å². The monoisotopic (exact) mass is 393 g/mol. The fraction of sp³-hybridized carbons (Fsp3) is 0.409. The molecule has 0 saturated heterocycles. The first-order valence-electron chi connectivity index (χ1n) is 10.1. The molecule has 0 unspecified atom stereocenters. The highest BCUT2D eigenvalue weighted by Gasteiger charge is 2.26. The van der Waals surface area contributed by atoms with Crippen molar-refractivity contribution in [2.75, 3.05) is 7.11 Å². The van der Waals surface area contributed by atoms with Crippen molar-refractivity contribution in [1.29, 1.82) is 0 Å². The normalized spacial score (nSPS) is 15.8. The first-order valence-corrected chi connectivity index (χ1v) is 10.1. The van der Waals surface area contributed by atoms with Crippen molar-refractivity contribution in [3.05, 3.63) is 59.2 Å². The van der Waals surface area contributed by atoms with Crippen LogP contribution in [0.5, 0.6) is 5.75 Å². The molecule has 1 aromatic carbocycles. The van der Waals surface area contributed by atoms with E-state index < -0.39 is 0 Å². The quantitative estimate of drug-likeness (QED) is 0.697. The molecule has 0 spiro atoms. The van der Waals surface area contributed by atoms with Gasteiger partial charge in [-0.1, -0.05) is 0 Å². The number of aryl methyl sites for hydroxylation is 3. The molecule has 1 amide bonds. The molecule has 1 aliphatic carbocycles. The largest absolute Gasteiger partial charge is 0.497 e. The topological polar surface area (TPSA) is 74.0 Å². The van der Waals surface area contributed by atoms with E-state index in [4.69, 9.17) is 4.74 Å². The number of fused-ring (bicyclic) bond motifs is 1. The Kier molecular flexibility index (Phi) is 5.38. The van der Waals surface area contributed by atoms with Crippen molar-refractivity contribution in [2.45, 2.75) is 52.1 Å². The third-order valence-corrected chi connectivity index (χ3v) is 5.49. The van der Waals surface area contributed by atoms with Crippen LogP contribution in [0.4, 0.5) is 0 Å². The lowest BCUT2D eigenvalue weighted by Gasteiger charge is -2.24. The molecule has 4 rings (SSSR count). The molecule has 0 saturated carbocycles. The summed E-state index contributed by atoms with van der Waals surface area (Å²) in [6.07, 6.45) is 5.23. The first-order chi connectivity index (χ1) is 14.0. The molecule has 0 aliphatic heterocycles. The number of benzene rings is 1. The standard InChI is InChI=1S/C22H27N5O2/c1-15-13-16(2)26(25-15)12-11-22(28)24-20-5-4-6-21-19(20)14-23-27(21)17-7-9-18(29-3)10-8-17/h7-10,13-14,20H,4-6,11-12H2,1-3H3,(H,24,28)/t20-/m0/s1. The van der Waals surface area contributed by atoms with E-state index >= 15 is 0 Å². The van der Waals surface area contributed by atoms with Crippen molar-refractivity contribution in [3.63, 3.8) is 0 Å². The Morgan fingerprint density at radius 2 is 2.07 bits per heavy atom.